The van der Waals surface area contributed by atoms with E-state index >= 15 is 0 Å². The highest BCUT2D eigenvalue weighted by molar-refractivity contribution is 6.12. The first kappa shape index (κ1) is 17.0. The summed E-state index contributed by atoms with van der Waals surface area (Å²) in [6, 6.07) is 5.88. The molecule has 1 fully saturated rings. The van der Waals surface area contributed by atoms with Crippen LogP contribution in [0.2, 0.25) is 0 Å². The molecule has 0 heterocycles. The number of allylic oxidation sites excluding steroid dienone is 2. The van der Waals surface area contributed by atoms with E-state index in [9.17, 15) is 9.90 Å². The highest BCUT2D eigenvalue weighted by Crippen LogP contribution is 2.50. The SMILES string of the molecule is COc1ccc(C=C2C[C@@]3(C)C(=C(C)C2=O)CCC[C@@H]3O)c(C)c1. The molecule has 3 heteroatoms. The maximum absolute atomic E-state index is 12.8. The first-order valence-electron chi connectivity index (χ1n) is 8.65. The molecule has 1 N–H and O–H groups in total. The van der Waals surface area contributed by atoms with E-state index in [1.54, 1.807) is 7.11 Å². The van der Waals surface area contributed by atoms with Crippen molar-refractivity contribution in [2.24, 2.45) is 5.41 Å². The molecule has 2 aliphatic carbocycles. The Morgan fingerprint density at radius 3 is 2.75 bits per heavy atom. The molecule has 3 rings (SSSR count). The van der Waals surface area contributed by atoms with Gasteiger partial charge in [-0.1, -0.05) is 18.6 Å². The maximum Gasteiger partial charge on any atom is 0.184 e. The first-order valence-corrected chi connectivity index (χ1v) is 8.65. The second kappa shape index (κ2) is 6.21. The average Bonchev–Trinajstić information content (AvgIpc) is 2.56. The molecule has 2 atom stereocenters. The van der Waals surface area contributed by atoms with Gasteiger partial charge in [0.25, 0.3) is 0 Å². The summed E-state index contributed by atoms with van der Waals surface area (Å²) in [7, 11) is 1.65. The predicted molar refractivity (Wildman–Crippen MR) is 96.0 cm³/mol. The van der Waals surface area contributed by atoms with Gasteiger partial charge >= 0.3 is 0 Å². The van der Waals surface area contributed by atoms with Crippen LogP contribution in [0.3, 0.4) is 0 Å². The Kier molecular flexibility index (Phi) is 4.39. The van der Waals surface area contributed by atoms with Gasteiger partial charge in [-0.15, -0.1) is 0 Å². The summed E-state index contributed by atoms with van der Waals surface area (Å²) in [5, 5.41) is 10.6. The topological polar surface area (TPSA) is 46.5 Å². The number of carbonyl (C=O) groups excluding carboxylic acids is 1. The van der Waals surface area contributed by atoms with Gasteiger partial charge in [0.2, 0.25) is 0 Å². The second-order valence-electron chi connectivity index (χ2n) is 7.33. The van der Waals surface area contributed by atoms with Gasteiger partial charge < -0.3 is 9.84 Å². The molecule has 1 saturated carbocycles. The van der Waals surface area contributed by atoms with E-state index in [0.717, 1.165) is 52.9 Å². The lowest BCUT2D eigenvalue weighted by Crippen LogP contribution is -2.42. The number of Topliss-reactive ketones (excluding diaryl/α,β-unsaturated/α-hetero) is 1. The van der Waals surface area contributed by atoms with Crippen LogP contribution in [0, 0.1) is 12.3 Å². The summed E-state index contributed by atoms with van der Waals surface area (Å²) < 4.78 is 5.25. The van der Waals surface area contributed by atoms with Gasteiger partial charge in [0.15, 0.2) is 5.78 Å². The summed E-state index contributed by atoms with van der Waals surface area (Å²) in [4.78, 5) is 12.8. The fourth-order valence-corrected chi connectivity index (χ4v) is 4.21. The van der Waals surface area contributed by atoms with Crippen LogP contribution in [0.15, 0.2) is 34.9 Å². The van der Waals surface area contributed by atoms with E-state index in [4.69, 9.17) is 4.74 Å². The molecule has 3 nitrogen and oxygen atoms in total. The van der Waals surface area contributed by atoms with Crippen LogP contribution in [0.1, 0.15) is 50.7 Å². The fourth-order valence-electron chi connectivity index (χ4n) is 4.21. The maximum atomic E-state index is 12.8. The Morgan fingerprint density at radius 2 is 2.08 bits per heavy atom. The molecule has 0 unspecified atom stereocenters. The van der Waals surface area contributed by atoms with Crippen molar-refractivity contribution in [3.63, 3.8) is 0 Å². The smallest absolute Gasteiger partial charge is 0.184 e. The van der Waals surface area contributed by atoms with Crippen LogP contribution in [-0.4, -0.2) is 24.1 Å². The number of aryl methyl sites for hydroxylation is 1. The number of rotatable bonds is 2. The van der Waals surface area contributed by atoms with E-state index in [1.165, 1.54) is 0 Å². The number of aliphatic hydroxyl groups is 1. The highest BCUT2D eigenvalue weighted by atomic mass is 16.5. The molecule has 0 spiro atoms. The van der Waals surface area contributed by atoms with Crippen LogP contribution >= 0.6 is 0 Å². The van der Waals surface area contributed by atoms with Crippen LogP contribution < -0.4 is 4.74 Å². The van der Waals surface area contributed by atoms with Crippen molar-refractivity contribution in [2.45, 2.75) is 52.6 Å². The van der Waals surface area contributed by atoms with Gasteiger partial charge in [-0.05, 0) is 74.4 Å². The summed E-state index contributed by atoms with van der Waals surface area (Å²) in [6.07, 6.45) is 4.95. The molecule has 0 aromatic heterocycles. The number of ether oxygens (including phenoxy) is 1. The molecule has 2 aliphatic rings. The molecule has 0 amide bonds. The molecule has 1 aromatic carbocycles. The number of ketones is 1. The monoisotopic (exact) mass is 326 g/mol. The fraction of sp³-hybridized carbons (Fsp3) is 0.476. The minimum atomic E-state index is -0.371. The lowest BCUT2D eigenvalue weighted by atomic mass is 9.61. The molecular weight excluding hydrogens is 300 g/mol. The lowest BCUT2D eigenvalue weighted by molar-refractivity contribution is -0.113. The number of hydrogen-bond acceptors (Lipinski definition) is 3. The molecule has 24 heavy (non-hydrogen) atoms. The lowest BCUT2D eigenvalue weighted by Gasteiger charge is -2.45. The largest absolute Gasteiger partial charge is 0.497 e. The minimum absolute atomic E-state index is 0.131. The van der Waals surface area contributed by atoms with Crippen LogP contribution in [-0.2, 0) is 4.79 Å². The highest BCUT2D eigenvalue weighted by Gasteiger charge is 2.45. The number of carbonyl (C=O) groups is 1. The molecule has 0 radical (unpaired) electrons. The number of hydrogen-bond donors (Lipinski definition) is 1. The van der Waals surface area contributed by atoms with Crippen molar-refractivity contribution in [1.29, 1.82) is 0 Å². The number of fused-ring (bicyclic) bond motifs is 1. The second-order valence-corrected chi connectivity index (χ2v) is 7.33. The molecular formula is C21H26O3. The third kappa shape index (κ3) is 2.71. The average molecular weight is 326 g/mol. The third-order valence-electron chi connectivity index (χ3n) is 5.78. The van der Waals surface area contributed by atoms with Crippen molar-refractivity contribution < 1.29 is 14.6 Å². The Balaban J connectivity index is 2.04. The zero-order chi connectivity index (χ0) is 17.5. The normalized spacial score (nSPS) is 29.0. The van der Waals surface area contributed by atoms with Gasteiger partial charge in [0.1, 0.15) is 5.75 Å². The summed E-state index contributed by atoms with van der Waals surface area (Å²) in [5.74, 6) is 0.949. The molecule has 0 saturated heterocycles. The summed E-state index contributed by atoms with van der Waals surface area (Å²) >= 11 is 0. The molecule has 0 aliphatic heterocycles. The number of benzene rings is 1. The standard InChI is InChI=1S/C21H26O3/c1-13-10-17(24-4)9-8-15(13)11-16-12-21(3)18(14(2)20(16)23)6-5-7-19(21)22/h8-11,19,22H,5-7,12H2,1-4H3/t19-,21-/m0/s1. The van der Waals surface area contributed by atoms with E-state index in [-0.39, 0.29) is 17.3 Å². The number of methoxy groups -OCH3 is 1. The van der Waals surface area contributed by atoms with E-state index < -0.39 is 0 Å². The van der Waals surface area contributed by atoms with Crippen LogP contribution in [0.5, 0.6) is 5.75 Å². The van der Waals surface area contributed by atoms with Gasteiger partial charge in [-0.3, -0.25) is 4.79 Å². The van der Waals surface area contributed by atoms with Gasteiger partial charge in [-0.2, -0.15) is 0 Å². The summed E-state index contributed by atoms with van der Waals surface area (Å²) in [6.45, 7) is 6.05. The zero-order valence-electron chi connectivity index (χ0n) is 15.0. The van der Waals surface area contributed by atoms with Crippen LogP contribution in [0.25, 0.3) is 6.08 Å². The molecule has 1 aromatic rings. The van der Waals surface area contributed by atoms with Crippen LogP contribution in [0.4, 0.5) is 0 Å². The quantitative estimate of drug-likeness (QED) is 0.827. The van der Waals surface area contributed by atoms with E-state index in [0.29, 0.717) is 6.42 Å². The van der Waals surface area contributed by atoms with Gasteiger partial charge in [-0.25, -0.2) is 0 Å². The van der Waals surface area contributed by atoms with Crippen molar-refractivity contribution in [3.05, 3.63) is 46.0 Å². The van der Waals surface area contributed by atoms with Gasteiger partial charge in [0.05, 0.1) is 13.2 Å². The zero-order valence-corrected chi connectivity index (χ0v) is 15.0. The molecule has 0 bridgehead atoms. The Hall–Kier alpha value is -1.87. The Bertz CT molecular complexity index is 741. The van der Waals surface area contributed by atoms with Crippen molar-refractivity contribution in [1.82, 2.24) is 0 Å². The number of aliphatic hydroxyl groups excluding tert-OH is 1. The van der Waals surface area contributed by atoms with E-state index in [2.05, 4.69) is 6.92 Å². The van der Waals surface area contributed by atoms with Crippen molar-refractivity contribution in [2.75, 3.05) is 7.11 Å². The Labute approximate surface area is 144 Å². The Morgan fingerprint density at radius 1 is 1.33 bits per heavy atom. The third-order valence-corrected chi connectivity index (χ3v) is 5.78. The minimum Gasteiger partial charge on any atom is -0.497 e. The molecule has 128 valence electrons. The van der Waals surface area contributed by atoms with Gasteiger partial charge in [0, 0.05) is 11.0 Å². The first-order chi connectivity index (χ1) is 11.4. The van der Waals surface area contributed by atoms with E-state index in [1.807, 2.05) is 38.1 Å². The summed E-state index contributed by atoms with van der Waals surface area (Å²) in [5.41, 5.74) is 4.60. The predicted octanol–water partition coefficient (Wildman–Crippen LogP) is 4.23. The van der Waals surface area contributed by atoms with Crippen molar-refractivity contribution >= 4 is 11.9 Å². The van der Waals surface area contributed by atoms with Crippen molar-refractivity contribution in [3.8, 4) is 5.75 Å².